The molecule has 0 fully saturated rings. The molecule has 1 aliphatic rings. The average molecular weight is 444 g/mol. The molecule has 1 aliphatic heterocycles. The summed E-state index contributed by atoms with van der Waals surface area (Å²) in [7, 11) is 3.03. The van der Waals surface area contributed by atoms with Crippen molar-refractivity contribution in [3.05, 3.63) is 45.9 Å². The van der Waals surface area contributed by atoms with Crippen LogP contribution in [0.5, 0.6) is 0 Å². The van der Waals surface area contributed by atoms with E-state index in [1.807, 2.05) is 25.1 Å². The molecule has 2 aromatic heterocycles. The number of hydrogen-bond acceptors (Lipinski definition) is 7. The summed E-state index contributed by atoms with van der Waals surface area (Å²) in [4.78, 5) is 30.3. The molecule has 1 aromatic carbocycles. The standard InChI is InChI=1S/C21H25N5O4S/c1-12-5-6-14(7-13(12)2)26-19-16(9-23-26)20(28)25-15(11-31-21(25)24-19)8-17(27)22-10-18(29-3)30-4/h5-7,9,15,18H,8,10-11H2,1-4H3,(H,22,27). The smallest absolute Gasteiger partial charge is 0.265 e. The number of aryl methyl sites for hydroxylation is 2. The Morgan fingerprint density at radius 2 is 2.06 bits per heavy atom. The largest absolute Gasteiger partial charge is 0.354 e. The molecule has 3 aromatic rings. The second-order valence-corrected chi connectivity index (χ2v) is 8.49. The molecule has 9 nitrogen and oxygen atoms in total. The number of hydrogen-bond donors (Lipinski definition) is 1. The van der Waals surface area contributed by atoms with Crippen molar-refractivity contribution < 1.29 is 14.3 Å². The number of nitrogens with zero attached hydrogens (tertiary/aromatic N) is 4. The molecule has 0 radical (unpaired) electrons. The lowest BCUT2D eigenvalue weighted by Gasteiger charge is -2.16. The van der Waals surface area contributed by atoms with Crippen molar-refractivity contribution in [1.82, 2.24) is 24.6 Å². The zero-order valence-electron chi connectivity index (χ0n) is 17.9. The van der Waals surface area contributed by atoms with Crippen LogP contribution in [0.25, 0.3) is 16.7 Å². The van der Waals surface area contributed by atoms with Gasteiger partial charge in [0, 0.05) is 26.4 Å². The van der Waals surface area contributed by atoms with Gasteiger partial charge in [-0.05, 0) is 37.1 Å². The first-order valence-electron chi connectivity index (χ1n) is 9.96. The molecule has 31 heavy (non-hydrogen) atoms. The minimum Gasteiger partial charge on any atom is -0.354 e. The van der Waals surface area contributed by atoms with Gasteiger partial charge in [-0.1, -0.05) is 17.8 Å². The fourth-order valence-electron chi connectivity index (χ4n) is 3.57. The Morgan fingerprint density at radius 3 is 2.77 bits per heavy atom. The topological polar surface area (TPSA) is 100 Å². The maximum atomic E-state index is 13.2. The van der Waals surface area contributed by atoms with E-state index >= 15 is 0 Å². The molecule has 0 spiro atoms. The third-order valence-electron chi connectivity index (χ3n) is 5.52. The first kappa shape index (κ1) is 21.5. The van der Waals surface area contributed by atoms with Crippen LogP contribution in [0.1, 0.15) is 23.6 Å². The van der Waals surface area contributed by atoms with Crippen LogP contribution in [0.15, 0.2) is 34.3 Å². The summed E-state index contributed by atoms with van der Waals surface area (Å²) in [6, 6.07) is 5.76. The number of amides is 1. The highest BCUT2D eigenvalue weighted by atomic mass is 32.2. The van der Waals surface area contributed by atoms with E-state index in [0.29, 0.717) is 21.9 Å². The SMILES string of the molecule is COC(CNC(=O)CC1CSc2nc3c(cnn3-c3ccc(C)c(C)c3)c(=O)n21)OC. The van der Waals surface area contributed by atoms with Crippen LogP contribution in [-0.2, 0) is 14.3 Å². The molecule has 164 valence electrons. The number of carbonyl (C=O) groups is 1. The van der Waals surface area contributed by atoms with Gasteiger partial charge in [-0.25, -0.2) is 9.67 Å². The molecule has 0 aliphatic carbocycles. The number of aromatic nitrogens is 4. The summed E-state index contributed by atoms with van der Waals surface area (Å²) in [5.74, 6) is 0.438. The first-order valence-corrected chi connectivity index (χ1v) is 10.9. The fraction of sp³-hybridized carbons (Fsp3) is 0.429. The van der Waals surface area contributed by atoms with Crippen molar-refractivity contribution in [3.8, 4) is 5.69 Å². The van der Waals surface area contributed by atoms with Crippen molar-refractivity contribution in [2.24, 2.45) is 0 Å². The Hall–Kier alpha value is -2.69. The maximum Gasteiger partial charge on any atom is 0.265 e. The van der Waals surface area contributed by atoms with Crippen LogP contribution < -0.4 is 10.9 Å². The van der Waals surface area contributed by atoms with Gasteiger partial charge >= 0.3 is 0 Å². The van der Waals surface area contributed by atoms with E-state index in [1.54, 1.807) is 15.4 Å². The molecule has 1 atom stereocenters. The van der Waals surface area contributed by atoms with E-state index in [2.05, 4.69) is 17.3 Å². The Bertz CT molecular complexity index is 1180. The predicted molar refractivity (Wildman–Crippen MR) is 118 cm³/mol. The van der Waals surface area contributed by atoms with Crippen LogP contribution in [0, 0.1) is 13.8 Å². The van der Waals surface area contributed by atoms with E-state index < -0.39 is 6.29 Å². The fourth-order valence-corrected chi connectivity index (χ4v) is 4.70. The Morgan fingerprint density at radius 1 is 1.29 bits per heavy atom. The van der Waals surface area contributed by atoms with Crippen LogP contribution >= 0.6 is 11.8 Å². The molecule has 10 heteroatoms. The number of nitrogens with one attached hydrogen (secondary N) is 1. The molecule has 4 rings (SSSR count). The van der Waals surface area contributed by atoms with E-state index in [0.717, 1.165) is 11.3 Å². The number of ether oxygens (including phenoxy) is 2. The lowest BCUT2D eigenvalue weighted by molar-refractivity contribution is -0.128. The summed E-state index contributed by atoms with van der Waals surface area (Å²) in [5.41, 5.74) is 3.54. The molecule has 0 saturated carbocycles. The quantitative estimate of drug-likeness (QED) is 0.440. The number of rotatable bonds is 7. The highest BCUT2D eigenvalue weighted by Gasteiger charge is 2.29. The zero-order valence-corrected chi connectivity index (χ0v) is 18.7. The van der Waals surface area contributed by atoms with Gasteiger partial charge in [-0.3, -0.25) is 14.2 Å². The predicted octanol–water partition coefficient (Wildman–Crippen LogP) is 1.97. The highest BCUT2D eigenvalue weighted by molar-refractivity contribution is 7.99. The number of benzene rings is 1. The van der Waals surface area contributed by atoms with Crippen LogP contribution in [-0.4, -0.2) is 58.0 Å². The van der Waals surface area contributed by atoms with Gasteiger partial charge in [0.05, 0.1) is 24.5 Å². The van der Waals surface area contributed by atoms with Crippen LogP contribution in [0.2, 0.25) is 0 Å². The molecular weight excluding hydrogens is 418 g/mol. The van der Waals surface area contributed by atoms with Gasteiger partial charge in [-0.15, -0.1) is 0 Å². The van der Waals surface area contributed by atoms with Gasteiger partial charge in [0.1, 0.15) is 5.39 Å². The molecular formula is C21H25N5O4S. The Balaban J connectivity index is 1.61. The van der Waals surface area contributed by atoms with Crippen molar-refractivity contribution in [1.29, 1.82) is 0 Å². The Labute approximate surface area is 183 Å². The third kappa shape index (κ3) is 4.10. The van der Waals surface area contributed by atoms with E-state index in [4.69, 9.17) is 14.5 Å². The van der Waals surface area contributed by atoms with E-state index in [1.165, 1.54) is 31.5 Å². The third-order valence-corrected chi connectivity index (χ3v) is 6.62. The second kappa shape index (κ2) is 8.81. The molecule has 0 bridgehead atoms. The highest BCUT2D eigenvalue weighted by Crippen LogP contribution is 2.33. The number of methoxy groups -OCH3 is 2. The summed E-state index contributed by atoms with van der Waals surface area (Å²) >= 11 is 1.47. The minimum absolute atomic E-state index is 0.171. The summed E-state index contributed by atoms with van der Waals surface area (Å²) in [6.45, 7) is 4.33. The summed E-state index contributed by atoms with van der Waals surface area (Å²) in [6.07, 6.45) is 1.22. The Kier molecular flexibility index (Phi) is 6.12. The maximum absolute atomic E-state index is 13.2. The van der Waals surface area contributed by atoms with Crippen molar-refractivity contribution in [2.75, 3.05) is 26.5 Å². The van der Waals surface area contributed by atoms with Crippen molar-refractivity contribution >= 4 is 28.7 Å². The van der Waals surface area contributed by atoms with Crippen LogP contribution in [0.3, 0.4) is 0 Å². The van der Waals surface area contributed by atoms with Gasteiger partial charge in [-0.2, -0.15) is 5.10 Å². The molecule has 1 N–H and O–H groups in total. The van der Waals surface area contributed by atoms with Crippen LogP contribution in [0.4, 0.5) is 0 Å². The molecule has 1 amide bonds. The molecule has 0 saturated heterocycles. The summed E-state index contributed by atoms with van der Waals surface area (Å²) < 4.78 is 13.5. The van der Waals surface area contributed by atoms with E-state index in [9.17, 15) is 9.59 Å². The van der Waals surface area contributed by atoms with Gasteiger partial charge in [0.25, 0.3) is 5.56 Å². The normalized spacial score (nSPS) is 15.6. The zero-order chi connectivity index (χ0) is 22.1. The number of carbonyl (C=O) groups excluding carboxylic acids is 1. The van der Waals surface area contributed by atoms with E-state index in [-0.39, 0.29) is 30.5 Å². The van der Waals surface area contributed by atoms with Crippen molar-refractivity contribution in [2.45, 2.75) is 37.8 Å². The van der Waals surface area contributed by atoms with Gasteiger partial charge < -0.3 is 14.8 Å². The van der Waals surface area contributed by atoms with Gasteiger partial charge in [0.15, 0.2) is 17.1 Å². The molecule has 1 unspecified atom stereocenters. The molecule has 3 heterocycles. The average Bonchev–Trinajstić information content (AvgIpc) is 3.36. The minimum atomic E-state index is -0.505. The lowest BCUT2D eigenvalue weighted by Crippen LogP contribution is -2.36. The summed E-state index contributed by atoms with van der Waals surface area (Å²) in [5, 5.41) is 8.24. The number of fused-ring (bicyclic) bond motifs is 2. The monoisotopic (exact) mass is 443 g/mol. The first-order chi connectivity index (χ1) is 14.9. The second-order valence-electron chi connectivity index (χ2n) is 7.51. The van der Waals surface area contributed by atoms with Crippen molar-refractivity contribution in [3.63, 3.8) is 0 Å². The lowest BCUT2D eigenvalue weighted by atomic mass is 10.1. The number of thioether (sulfide) groups is 1. The van der Waals surface area contributed by atoms with Gasteiger partial charge in [0.2, 0.25) is 5.91 Å².